The Balaban J connectivity index is 2.12. The van der Waals surface area contributed by atoms with Crippen LogP contribution in [-0.2, 0) is 14.3 Å². The molecule has 0 saturated carbocycles. The normalized spacial score (nSPS) is 30.0. The maximum atomic E-state index is 12.2. The summed E-state index contributed by atoms with van der Waals surface area (Å²) in [6.45, 7) is 3.87. The Labute approximate surface area is 105 Å². The van der Waals surface area contributed by atoms with Gasteiger partial charge in [-0.2, -0.15) is 0 Å². The molecule has 1 aromatic rings. The average Bonchev–Trinajstić information content (AvgIpc) is 2.30. The number of anilines is 1. The zero-order valence-corrected chi connectivity index (χ0v) is 10.4. The Hall–Kier alpha value is -1.84. The minimum atomic E-state index is -0.426. The molecule has 1 saturated heterocycles. The molecule has 0 unspecified atom stereocenters. The number of ether oxygens (including phenoxy) is 1. The first kappa shape index (κ1) is 11.3. The lowest BCUT2D eigenvalue weighted by Crippen LogP contribution is -2.43. The second-order valence-corrected chi connectivity index (χ2v) is 5.15. The monoisotopic (exact) mass is 245 g/mol. The molecule has 0 aliphatic carbocycles. The fourth-order valence-electron chi connectivity index (χ4n) is 2.91. The summed E-state index contributed by atoms with van der Waals surface area (Å²) in [4.78, 5) is 23.7. The van der Waals surface area contributed by atoms with Crippen molar-refractivity contribution in [2.45, 2.75) is 26.4 Å². The van der Waals surface area contributed by atoms with Crippen LogP contribution in [-0.4, -0.2) is 11.9 Å². The predicted molar refractivity (Wildman–Crippen MR) is 65.9 cm³/mol. The molecule has 1 fully saturated rings. The Morgan fingerprint density at radius 1 is 1.33 bits per heavy atom. The molecule has 1 N–H and O–H groups in total. The fraction of sp³-hybridized carbons (Fsp3) is 0.429. The van der Waals surface area contributed by atoms with Crippen molar-refractivity contribution in [3.63, 3.8) is 0 Å². The van der Waals surface area contributed by atoms with Crippen LogP contribution in [0.1, 0.15) is 30.6 Å². The van der Waals surface area contributed by atoms with Gasteiger partial charge in [-0.3, -0.25) is 9.59 Å². The van der Waals surface area contributed by atoms with Crippen LogP contribution < -0.4 is 5.32 Å². The molecule has 3 rings (SSSR count). The van der Waals surface area contributed by atoms with Crippen molar-refractivity contribution in [1.82, 2.24) is 0 Å². The van der Waals surface area contributed by atoms with Gasteiger partial charge in [0.15, 0.2) is 0 Å². The number of carbonyl (C=O) groups is 2. The van der Waals surface area contributed by atoms with Crippen LogP contribution in [0.15, 0.2) is 18.2 Å². The van der Waals surface area contributed by atoms with Gasteiger partial charge in [-0.15, -0.1) is 0 Å². The van der Waals surface area contributed by atoms with Gasteiger partial charge in [0.25, 0.3) is 0 Å². The van der Waals surface area contributed by atoms with Crippen molar-refractivity contribution >= 4 is 17.6 Å². The molecule has 0 spiro atoms. The number of esters is 1. The van der Waals surface area contributed by atoms with Crippen molar-refractivity contribution in [1.29, 1.82) is 0 Å². The number of nitrogens with one attached hydrogen (secondary N) is 1. The van der Waals surface area contributed by atoms with Crippen molar-refractivity contribution in [3.8, 4) is 0 Å². The first-order valence-corrected chi connectivity index (χ1v) is 6.18. The molecule has 0 aromatic heterocycles. The van der Waals surface area contributed by atoms with Gasteiger partial charge >= 0.3 is 5.97 Å². The third kappa shape index (κ3) is 1.52. The number of benzene rings is 1. The standard InChI is InChI=1S/C14H15NO3/c1-7-4-3-5-9-12(7)15-14(17)11-8(2)6-10(16)18-13(9)11/h3-5,8,11,13H,6H2,1-2H3,(H,15,17)/t8-,11-,13-/m1/s1. The van der Waals surface area contributed by atoms with Gasteiger partial charge in [0.2, 0.25) is 5.91 Å². The molecule has 3 atom stereocenters. The van der Waals surface area contributed by atoms with Crippen molar-refractivity contribution in [2.75, 3.05) is 5.32 Å². The molecule has 0 radical (unpaired) electrons. The minimum absolute atomic E-state index is 0.0184. The minimum Gasteiger partial charge on any atom is -0.457 e. The van der Waals surface area contributed by atoms with E-state index < -0.39 is 6.10 Å². The highest BCUT2D eigenvalue weighted by atomic mass is 16.5. The van der Waals surface area contributed by atoms with Crippen molar-refractivity contribution in [3.05, 3.63) is 29.3 Å². The van der Waals surface area contributed by atoms with Crippen LogP contribution >= 0.6 is 0 Å². The third-order valence-corrected chi connectivity index (χ3v) is 3.85. The number of para-hydroxylation sites is 1. The number of carbonyl (C=O) groups excluding carboxylic acids is 2. The molecule has 0 bridgehead atoms. The zero-order valence-electron chi connectivity index (χ0n) is 10.4. The summed E-state index contributed by atoms with van der Waals surface area (Å²) in [5.74, 6) is -0.505. The van der Waals surface area contributed by atoms with E-state index in [-0.39, 0.29) is 23.7 Å². The number of fused-ring (bicyclic) bond motifs is 3. The van der Waals surface area contributed by atoms with Crippen LogP contribution in [0.5, 0.6) is 0 Å². The maximum Gasteiger partial charge on any atom is 0.306 e. The van der Waals surface area contributed by atoms with E-state index in [2.05, 4.69) is 5.32 Å². The first-order chi connectivity index (χ1) is 8.58. The van der Waals surface area contributed by atoms with Crippen LogP contribution in [0.2, 0.25) is 0 Å². The van der Waals surface area contributed by atoms with Gasteiger partial charge in [0.1, 0.15) is 6.10 Å². The molecule has 94 valence electrons. The maximum absolute atomic E-state index is 12.2. The van der Waals surface area contributed by atoms with Crippen LogP contribution in [0, 0.1) is 18.8 Å². The topological polar surface area (TPSA) is 55.4 Å². The second kappa shape index (κ2) is 3.83. The highest BCUT2D eigenvalue weighted by Gasteiger charge is 2.45. The number of hydrogen-bond donors (Lipinski definition) is 1. The fourth-order valence-corrected chi connectivity index (χ4v) is 2.91. The molecule has 4 nitrogen and oxygen atoms in total. The quantitative estimate of drug-likeness (QED) is 0.713. The molecule has 2 heterocycles. The van der Waals surface area contributed by atoms with E-state index in [1.807, 2.05) is 32.0 Å². The van der Waals surface area contributed by atoms with Crippen LogP contribution in [0.25, 0.3) is 0 Å². The lowest BCUT2D eigenvalue weighted by molar-refractivity contribution is -0.165. The smallest absolute Gasteiger partial charge is 0.306 e. The molecular formula is C14H15NO3. The molecular weight excluding hydrogens is 230 g/mol. The molecule has 2 aliphatic rings. The van der Waals surface area contributed by atoms with Crippen molar-refractivity contribution in [2.24, 2.45) is 11.8 Å². The highest BCUT2D eigenvalue weighted by molar-refractivity contribution is 5.98. The Bertz CT molecular complexity index is 538. The number of aryl methyl sites for hydroxylation is 1. The molecule has 2 aliphatic heterocycles. The predicted octanol–water partition coefficient (Wildman–Crippen LogP) is 2.19. The summed E-state index contributed by atoms with van der Waals surface area (Å²) in [6, 6.07) is 5.79. The molecule has 1 aromatic carbocycles. The van der Waals surface area contributed by atoms with Crippen LogP contribution in [0.4, 0.5) is 5.69 Å². The average molecular weight is 245 g/mol. The SMILES string of the molecule is Cc1cccc2c1NC(=O)[C@@H]1[C@H](C)CC(=O)O[C@H]21. The van der Waals surface area contributed by atoms with Gasteiger partial charge in [-0.25, -0.2) is 0 Å². The van der Waals surface area contributed by atoms with E-state index in [1.165, 1.54) is 0 Å². The molecule has 18 heavy (non-hydrogen) atoms. The van der Waals surface area contributed by atoms with Crippen LogP contribution in [0.3, 0.4) is 0 Å². The van der Waals surface area contributed by atoms with E-state index in [4.69, 9.17) is 4.74 Å². The third-order valence-electron chi connectivity index (χ3n) is 3.85. The van der Waals surface area contributed by atoms with E-state index in [9.17, 15) is 9.59 Å². The van der Waals surface area contributed by atoms with Gasteiger partial charge in [0, 0.05) is 12.0 Å². The lowest BCUT2D eigenvalue weighted by atomic mass is 9.78. The summed E-state index contributed by atoms with van der Waals surface area (Å²) < 4.78 is 5.41. The largest absolute Gasteiger partial charge is 0.457 e. The number of rotatable bonds is 0. The summed E-state index contributed by atoms with van der Waals surface area (Å²) in [6.07, 6.45) is -0.111. The highest BCUT2D eigenvalue weighted by Crippen LogP contribution is 2.45. The van der Waals surface area contributed by atoms with Crippen molar-refractivity contribution < 1.29 is 14.3 Å². The molecule has 4 heteroatoms. The second-order valence-electron chi connectivity index (χ2n) is 5.15. The summed E-state index contributed by atoms with van der Waals surface area (Å²) in [5.41, 5.74) is 2.71. The summed E-state index contributed by atoms with van der Waals surface area (Å²) >= 11 is 0. The van der Waals surface area contributed by atoms with Gasteiger partial charge < -0.3 is 10.1 Å². The number of amides is 1. The Morgan fingerprint density at radius 2 is 2.11 bits per heavy atom. The summed E-state index contributed by atoms with van der Waals surface area (Å²) in [5, 5.41) is 2.94. The van der Waals surface area contributed by atoms with Gasteiger partial charge in [-0.1, -0.05) is 25.1 Å². The van der Waals surface area contributed by atoms with Gasteiger partial charge in [0.05, 0.1) is 11.6 Å². The summed E-state index contributed by atoms with van der Waals surface area (Å²) in [7, 11) is 0. The number of hydrogen-bond acceptors (Lipinski definition) is 3. The lowest BCUT2D eigenvalue weighted by Gasteiger charge is -2.39. The van der Waals surface area contributed by atoms with Gasteiger partial charge in [-0.05, 0) is 18.4 Å². The molecule has 1 amide bonds. The van der Waals surface area contributed by atoms with E-state index >= 15 is 0 Å². The van der Waals surface area contributed by atoms with E-state index in [1.54, 1.807) is 0 Å². The zero-order chi connectivity index (χ0) is 12.9. The van der Waals surface area contributed by atoms with E-state index in [0.29, 0.717) is 6.42 Å². The first-order valence-electron chi connectivity index (χ1n) is 6.18. The Kier molecular flexibility index (Phi) is 2.40. The van der Waals surface area contributed by atoms with E-state index in [0.717, 1.165) is 16.8 Å². The Morgan fingerprint density at radius 3 is 2.89 bits per heavy atom.